The van der Waals surface area contributed by atoms with E-state index in [2.05, 4.69) is 21.2 Å². The van der Waals surface area contributed by atoms with E-state index in [4.69, 9.17) is 16.3 Å². The van der Waals surface area contributed by atoms with Crippen LogP contribution >= 0.6 is 27.5 Å². The third-order valence-electron chi connectivity index (χ3n) is 3.21. The van der Waals surface area contributed by atoms with Gasteiger partial charge in [-0.25, -0.2) is 8.42 Å². The average Bonchev–Trinajstić information content (AvgIpc) is 2.66. The normalized spacial score (nSPS) is 21.1. The Kier molecular flexibility index (Phi) is 5.34. The molecule has 1 aromatic rings. The first kappa shape index (κ1) is 16.1. The van der Waals surface area contributed by atoms with Gasteiger partial charge in [0.15, 0.2) is 9.84 Å². The first-order valence-electron chi connectivity index (χ1n) is 6.39. The minimum atomic E-state index is -2.83. The molecule has 20 heavy (non-hydrogen) atoms. The van der Waals surface area contributed by atoms with Gasteiger partial charge >= 0.3 is 0 Å². The summed E-state index contributed by atoms with van der Waals surface area (Å²) in [4.78, 5) is 0. The Balaban J connectivity index is 1.80. The molecule has 1 aromatic carbocycles. The molecule has 1 N–H and O–H groups in total. The molecular formula is C13H17BrClNO3S. The van der Waals surface area contributed by atoms with E-state index in [1.165, 1.54) is 0 Å². The monoisotopic (exact) mass is 381 g/mol. The fraction of sp³-hybridized carbons (Fsp3) is 0.538. The fourth-order valence-corrected chi connectivity index (χ4v) is 4.98. The second-order valence-corrected chi connectivity index (χ2v) is 8.49. The zero-order valence-corrected chi connectivity index (χ0v) is 14.3. The Hall–Kier alpha value is -0.300. The Bertz CT molecular complexity index is 568. The molecule has 0 bridgehead atoms. The van der Waals surface area contributed by atoms with E-state index in [1.807, 2.05) is 13.0 Å². The van der Waals surface area contributed by atoms with Crippen molar-refractivity contribution in [2.75, 3.05) is 24.7 Å². The summed E-state index contributed by atoms with van der Waals surface area (Å²) >= 11 is 9.50. The third kappa shape index (κ3) is 4.35. The van der Waals surface area contributed by atoms with Gasteiger partial charge in [-0.05, 0) is 31.0 Å². The molecule has 0 spiro atoms. The molecule has 7 heteroatoms. The van der Waals surface area contributed by atoms with Crippen molar-refractivity contribution >= 4 is 37.4 Å². The zero-order valence-electron chi connectivity index (χ0n) is 11.2. The van der Waals surface area contributed by atoms with E-state index < -0.39 is 9.84 Å². The number of nitrogens with one attached hydrogen (secondary N) is 1. The van der Waals surface area contributed by atoms with Crippen molar-refractivity contribution in [1.82, 2.24) is 5.32 Å². The van der Waals surface area contributed by atoms with Crippen LogP contribution in [0.2, 0.25) is 5.02 Å². The van der Waals surface area contributed by atoms with Gasteiger partial charge in [0, 0.05) is 17.1 Å². The molecular weight excluding hydrogens is 366 g/mol. The molecule has 1 saturated heterocycles. The first-order chi connectivity index (χ1) is 9.37. The summed E-state index contributed by atoms with van der Waals surface area (Å²) in [5.41, 5.74) is 0.966. The molecule has 1 aliphatic heterocycles. The van der Waals surface area contributed by atoms with Crippen LogP contribution in [0.1, 0.15) is 12.0 Å². The number of rotatable bonds is 5. The number of ether oxygens (including phenoxy) is 1. The Morgan fingerprint density at radius 2 is 2.25 bits per heavy atom. The van der Waals surface area contributed by atoms with E-state index in [-0.39, 0.29) is 17.5 Å². The summed E-state index contributed by atoms with van der Waals surface area (Å²) in [7, 11) is -2.83. The van der Waals surface area contributed by atoms with Crippen LogP contribution in [0.4, 0.5) is 0 Å². The molecule has 1 unspecified atom stereocenters. The SMILES string of the molecule is Cc1cc(Br)cc(Cl)c1OCCNC1CCS(=O)(=O)C1. The van der Waals surface area contributed by atoms with E-state index in [1.54, 1.807) is 6.07 Å². The molecule has 0 aromatic heterocycles. The smallest absolute Gasteiger partial charge is 0.151 e. The number of halogens is 2. The second kappa shape index (κ2) is 6.64. The lowest BCUT2D eigenvalue weighted by Gasteiger charge is -2.14. The topological polar surface area (TPSA) is 55.4 Å². The number of aryl methyl sites for hydroxylation is 1. The van der Waals surface area contributed by atoms with Gasteiger partial charge < -0.3 is 10.1 Å². The summed E-state index contributed by atoms with van der Waals surface area (Å²) in [6.07, 6.45) is 0.681. The molecule has 0 radical (unpaired) electrons. The maximum absolute atomic E-state index is 11.3. The molecule has 1 fully saturated rings. The summed E-state index contributed by atoms with van der Waals surface area (Å²) < 4.78 is 29.2. The summed E-state index contributed by atoms with van der Waals surface area (Å²) in [5, 5.41) is 3.77. The predicted molar refractivity (Wildman–Crippen MR) is 84.4 cm³/mol. The van der Waals surface area contributed by atoms with Crippen LogP contribution in [-0.2, 0) is 9.84 Å². The Morgan fingerprint density at radius 3 is 2.85 bits per heavy atom. The third-order valence-corrected chi connectivity index (χ3v) is 5.71. The molecule has 1 aliphatic rings. The molecule has 1 heterocycles. The van der Waals surface area contributed by atoms with E-state index >= 15 is 0 Å². The van der Waals surface area contributed by atoms with E-state index in [0.29, 0.717) is 30.3 Å². The predicted octanol–water partition coefficient (Wildman–Crippen LogP) is 2.57. The van der Waals surface area contributed by atoms with Crippen LogP contribution in [0.3, 0.4) is 0 Å². The highest BCUT2D eigenvalue weighted by Crippen LogP contribution is 2.31. The fourth-order valence-electron chi connectivity index (χ4n) is 2.24. The van der Waals surface area contributed by atoms with Gasteiger partial charge in [-0.2, -0.15) is 0 Å². The number of sulfone groups is 1. The van der Waals surface area contributed by atoms with Crippen LogP contribution < -0.4 is 10.1 Å². The minimum absolute atomic E-state index is 0.0464. The van der Waals surface area contributed by atoms with Crippen molar-refractivity contribution < 1.29 is 13.2 Å². The van der Waals surface area contributed by atoms with Crippen molar-refractivity contribution in [3.8, 4) is 5.75 Å². The minimum Gasteiger partial charge on any atom is -0.490 e. The second-order valence-electron chi connectivity index (χ2n) is 4.94. The molecule has 0 aliphatic carbocycles. The summed E-state index contributed by atoms with van der Waals surface area (Å²) in [6, 6.07) is 3.78. The van der Waals surface area contributed by atoms with Crippen molar-refractivity contribution in [3.05, 3.63) is 27.2 Å². The van der Waals surface area contributed by atoms with Crippen LogP contribution in [0.25, 0.3) is 0 Å². The van der Waals surface area contributed by atoms with E-state index in [0.717, 1.165) is 10.0 Å². The molecule has 0 saturated carbocycles. The number of benzene rings is 1. The van der Waals surface area contributed by atoms with Crippen molar-refractivity contribution in [2.24, 2.45) is 0 Å². The Labute approximate surface area is 132 Å². The highest BCUT2D eigenvalue weighted by Gasteiger charge is 2.27. The van der Waals surface area contributed by atoms with Crippen LogP contribution in [0.5, 0.6) is 5.75 Å². The molecule has 4 nitrogen and oxygen atoms in total. The van der Waals surface area contributed by atoms with Crippen molar-refractivity contribution in [2.45, 2.75) is 19.4 Å². The summed E-state index contributed by atoms with van der Waals surface area (Å²) in [6.45, 7) is 2.99. The molecule has 0 amide bonds. The highest BCUT2D eigenvalue weighted by molar-refractivity contribution is 9.10. The standard InChI is InChI=1S/C13H17BrClNO3S/c1-9-6-10(14)7-12(15)13(9)19-4-3-16-11-2-5-20(17,18)8-11/h6-7,11,16H,2-5,8H2,1H3. The lowest BCUT2D eigenvalue weighted by molar-refractivity contribution is 0.305. The van der Waals surface area contributed by atoms with Gasteiger partial charge in [0.2, 0.25) is 0 Å². The lowest BCUT2D eigenvalue weighted by atomic mass is 10.2. The van der Waals surface area contributed by atoms with Crippen LogP contribution in [0.15, 0.2) is 16.6 Å². The number of hydrogen-bond donors (Lipinski definition) is 1. The van der Waals surface area contributed by atoms with E-state index in [9.17, 15) is 8.42 Å². The summed E-state index contributed by atoms with van der Waals surface area (Å²) in [5.74, 6) is 1.18. The maximum Gasteiger partial charge on any atom is 0.151 e. The van der Waals surface area contributed by atoms with Crippen LogP contribution in [-0.4, -0.2) is 39.1 Å². The van der Waals surface area contributed by atoms with Gasteiger partial charge in [-0.3, -0.25) is 0 Å². The van der Waals surface area contributed by atoms with Gasteiger partial charge in [0.25, 0.3) is 0 Å². The van der Waals surface area contributed by atoms with Gasteiger partial charge in [0.1, 0.15) is 12.4 Å². The van der Waals surface area contributed by atoms with Crippen LogP contribution in [0, 0.1) is 6.92 Å². The van der Waals surface area contributed by atoms with Crippen molar-refractivity contribution in [1.29, 1.82) is 0 Å². The first-order valence-corrected chi connectivity index (χ1v) is 9.39. The van der Waals surface area contributed by atoms with Crippen molar-refractivity contribution in [3.63, 3.8) is 0 Å². The molecule has 2 rings (SSSR count). The van der Waals surface area contributed by atoms with Gasteiger partial charge in [-0.15, -0.1) is 0 Å². The zero-order chi connectivity index (χ0) is 14.8. The highest BCUT2D eigenvalue weighted by atomic mass is 79.9. The Morgan fingerprint density at radius 1 is 1.50 bits per heavy atom. The maximum atomic E-state index is 11.3. The largest absolute Gasteiger partial charge is 0.490 e. The molecule has 1 atom stereocenters. The quantitative estimate of drug-likeness (QED) is 0.795. The van der Waals surface area contributed by atoms with Gasteiger partial charge in [-0.1, -0.05) is 27.5 Å². The van der Waals surface area contributed by atoms with Gasteiger partial charge in [0.05, 0.1) is 16.5 Å². The average molecular weight is 383 g/mol. The molecule has 112 valence electrons. The number of hydrogen-bond acceptors (Lipinski definition) is 4. The lowest BCUT2D eigenvalue weighted by Crippen LogP contribution is -2.33.